The Morgan fingerprint density at radius 2 is 1.62 bits per heavy atom. The predicted octanol–water partition coefficient (Wildman–Crippen LogP) is 3.39. The van der Waals surface area contributed by atoms with Crippen molar-refractivity contribution >= 4 is 28.7 Å². The molecule has 0 fully saturated rings. The van der Waals surface area contributed by atoms with Gasteiger partial charge in [0.05, 0.1) is 5.52 Å². The zero-order chi connectivity index (χ0) is 22.2. The molecule has 2 amide bonds. The van der Waals surface area contributed by atoms with Crippen LogP contribution in [0.3, 0.4) is 0 Å². The van der Waals surface area contributed by atoms with Gasteiger partial charge in [-0.05, 0) is 40.5 Å². The van der Waals surface area contributed by atoms with Crippen LogP contribution in [0.15, 0.2) is 66.7 Å². The zero-order valence-corrected chi connectivity index (χ0v) is 17.5. The Bertz CT molecular complexity index is 1360. The van der Waals surface area contributed by atoms with E-state index in [1.807, 2.05) is 54.6 Å². The number of benzene rings is 3. The normalized spacial score (nSPS) is 12.6. The maximum Gasteiger partial charge on any atom is 0.273 e. The molecule has 3 aromatic carbocycles. The molecule has 7 nitrogen and oxygen atoms in total. The Balaban J connectivity index is 1.61. The van der Waals surface area contributed by atoms with E-state index in [0.29, 0.717) is 29.6 Å². The highest BCUT2D eigenvalue weighted by Gasteiger charge is 2.27. The van der Waals surface area contributed by atoms with E-state index in [9.17, 15) is 9.59 Å². The second-order valence-corrected chi connectivity index (χ2v) is 7.72. The highest BCUT2D eigenvalue weighted by atomic mass is 16.2. The first-order valence-corrected chi connectivity index (χ1v) is 10.3. The number of nitrogens with two attached hydrogens (primary N) is 1. The van der Waals surface area contributed by atoms with Crippen molar-refractivity contribution in [3.63, 3.8) is 0 Å². The van der Waals surface area contributed by atoms with Crippen LogP contribution in [0.1, 0.15) is 32.0 Å². The fourth-order valence-electron chi connectivity index (χ4n) is 4.17. The topological polar surface area (TPSA) is 101 Å². The molecule has 158 valence electrons. The Hall–Kier alpha value is -4.26. The number of nitrogens with zero attached hydrogens (tertiary/aromatic N) is 3. The van der Waals surface area contributed by atoms with Crippen molar-refractivity contribution in [3.05, 3.63) is 89.1 Å². The summed E-state index contributed by atoms with van der Waals surface area (Å²) in [5, 5.41) is 3.27. The third-order valence-corrected chi connectivity index (χ3v) is 5.75. The lowest BCUT2D eigenvalue weighted by Gasteiger charge is -2.17. The van der Waals surface area contributed by atoms with Gasteiger partial charge < -0.3 is 16.0 Å². The van der Waals surface area contributed by atoms with Crippen molar-refractivity contribution in [2.45, 2.75) is 13.1 Å². The van der Waals surface area contributed by atoms with Gasteiger partial charge in [0.2, 0.25) is 5.95 Å². The van der Waals surface area contributed by atoms with Crippen LogP contribution in [0.5, 0.6) is 0 Å². The second kappa shape index (κ2) is 7.77. The highest BCUT2D eigenvalue weighted by molar-refractivity contribution is 6.07. The van der Waals surface area contributed by atoms with Crippen molar-refractivity contribution in [3.8, 4) is 11.1 Å². The number of carbonyl (C=O) groups is 2. The molecule has 7 heteroatoms. The van der Waals surface area contributed by atoms with Gasteiger partial charge in [-0.2, -0.15) is 0 Å². The maximum atomic E-state index is 13.5. The standard InChI is InChI=1S/C25H21N5O2/c1-27-23(31)19-9-5-4-8-18(19)15-10-11-21-20(12-15)22(29-25(26)28-21)24(32)30-13-16-6-2-3-7-17(16)14-30/h2-12H,13-14H2,1H3,(H,27,31)(H2,26,28,29). The fraction of sp³-hybridized carbons (Fsp3) is 0.120. The van der Waals surface area contributed by atoms with Gasteiger partial charge in [0.25, 0.3) is 11.8 Å². The molecule has 5 rings (SSSR count). The SMILES string of the molecule is CNC(=O)c1ccccc1-c1ccc2nc(N)nc(C(=O)N3Cc4ccccc4C3)c2c1. The van der Waals surface area contributed by atoms with E-state index in [2.05, 4.69) is 15.3 Å². The van der Waals surface area contributed by atoms with Crippen molar-refractivity contribution in [1.29, 1.82) is 0 Å². The molecule has 0 radical (unpaired) electrons. The van der Waals surface area contributed by atoms with Crippen LogP contribution in [0.25, 0.3) is 22.0 Å². The third kappa shape index (κ3) is 3.33. The summed E-state index contributed by atoms with van der Waals surface area (Å²) in [6.45, 7) is 1.05. The Kier molecular flexibility index (Phi) is 4.78. The molecule has 0 saturated carbocycles. The molecular formula is C25H21N5O2. The quantitative estimate of drug-likeness (QED) is 0.526. The number of hydrogen-bond acceptors (Lipinski definition) is 5. The summed E-state index contributed by atoms with van der Waals surface area (Å²) in [6, 6.07) is 20.9. The molecule has 3 N–H and O–H groups in total. The first-order valence-electron chi connectivity index (χ1n) is 10.3. The molecule has 0 unspecified atom stereocenters. The van der Waals surface area contributed by atoms with Gasteiger partial charge in [0.1, 0.15) is 5.69 Å². The van der Waals surface area contributed by atoms with Crippen LogP contribution in [0.2, 0.25) is 0 Å². The summed E-state index contributed by atoms with van der Waals surface area (Å²) in [6.07, 6.45) is 0. The first-order chi connectivity index (χ1) is 15.5. The van der Waals surface area contributed by atoms with Gasteiger partial charge >= 0.3 is 0 Å². The minimum Gasteiger partial charge on any atom is -0.368 e. The Morgan fingerprint density at radius 1 is 0.938 bits per heavy atom. The van der Waals surface area contributed by atoms with E-state index in [4.69, 9.17) is 5.73 Å². The minimum atomic E-state index is -0.197. The summed E-state index contributed by atoms with van der Waals surface area (Å²) >= 11 is 0. The van der Waals surface area contributed by atoms with Crippen LogP contribution in [-0.2, 0) is 13.1 Å². The average Bonchev–Trinajstić information content (AvgIpc) is 3.26. The van der Waals surface area contributed by atoms with E-state index in [1.54, 1.807) is 24.1 Å². The second-order valence-electron chi connectivity index (χ2n) is 7.72. The number of anilines is 1. The molecule has 32 heavy (non-hydrogen) atoms. The van der Waals surface area contributed by atoms with Gasteiger partial charge in [-0.15, -0.1) is 0 Å². The van der Waals surface area contributed by atoms with Crippen molar-refractivity contribution in [2.24, 2.45) is 0 Å². The van der Waals surface area contributed by atoms with Gasteiger partial charge in [-0.3, -0.25) is 9.59 Å². The molecule has 2 heterocycles. The summed E-state index contributed by atoms with van der Waals surface area (Å²) in [5.74, 6) is -0.325. The van der Waals surface area contributed by atoms with E-state index < -0.39 is 0 Å². The van der Waals surface area contributed by atoms with Gasteiger partial charge in [0, 0.05) is 31.1 Å². The molecule has 4 aromatic rings. The predicted molar refractivity (Wildman–Crippen MR) is 123 cm³/mol. The van der Waals surface area contributed by atoms with Crippen molar-refractivity contribution in [2.75, 3.05) is 12.8 Å². The van der Waals surface area contributed by atoms with Gasteiger partial charge in [-0.1, -0.05) is 48.5 Å². The molecule has 0 saturated heterocycles. The van der Waals surface area contributed by atoms with E-state index in [1.165, 1.54) is 0 Å². The number of carbonyl (C=O) groups excluding carboxylic acids is 2. The van der Waals surface area contributed by atoms with Crippen LogP contribution < -0.4 is 11.1 Å². The summed E-state index contributed by atoms with van der Waals surface area (Å²) in [4.78, 5) is 36.2. The molecule has 0 atom stereocenters. The fourth-order valence-corrected chi connectivity index (χ4v) is 4.17. The first kappa shape index (κ1) is 19.7. The number of amides is 2. The lowest BCUT2D eigenvalue weighted by Crippen LogP contribution is -2.27. The summed E-state index contributed by atoms with van der Waals surface area (Å²) in [5.41, 5.74) is 11.1. The lowest BCUT2D eigenvalue weighted by molar-refractivity contribution is 0.0747. The third-order valence-electron chi connectivity index (χ3n) is 5.75. The number of aromatic nitrogens is 2. The maximum absolute atomic E-state index is 13.5. The van der Waals surface area contributed by atoms with Crippen LogP contribution in [0, 0.1) is 0 Å². The number of nitrogens with one attached hydrogen (secondary N) is 1. The van der Waals surface area contributed by atoms with Gasteiger partial charge in [0.15, 0.2) is 0 Å². The summed E-state index contributed by atoms with van der Waals surface area (Å²) < 4.78 is 0. The number of hydrogen-bond donors (Lipinski definition) is 2. The van der Waals surface area contributed by atoms with Gasteiger partial charge in [-0.25, -0.2) is 9.97 Å². The number of rotatable bonds is 3. The van der Waals surface area contributed by atoms with Crippen LogP contribution in [0.4, 0.5) is 5.95 Å². The molecule has 1 aliphatic heterocycles. The largest absolute Gasteiger partial charge is 0.368 e. The smallest absolute Gasteiger partial charge is 0.273 e. The van der Waals surface area contributed by atoms with Crippen LogP contribution >= 0.6 is 0 Å². The Labute approximate surface area is 184 Å². The Morgan fingerprint density at radius 3 is 2.34 bits per heavy atom. The van der Waals surface area contributed by atoms with E-state index in [-0.39, 0.29) is 23.5 Å². The van der Waals surface area contributed by atoms with E-state index >= 15 is 0 Å². The van der Waals surface area contributed by atoms with Crippen molar-refractivity contribution < 1.29 is 9.59 Å². The lowest BCUT2D eigenvalue weighted by atomic mass is 9.97. The molecule has 1 aromatic heterocycles. The molecule has 0 bridgehead atoms. The molecule has 1 aliphatic rings. The monoisotopic (exact) mass is 423 g/mol. The number of nitrogen functional groups attached to an aromatic ring is 1. The van der Waals surface area contributed by atoms with E-state index in [0.717, 1.165) is 22.3 Å². The van der Waals surface area contributed by atoms with Crippen molar-refractivity contribution in [1.82, 2.24) is 20.2 Å². The highest BCUT2D eigenvalue weighted by Crippen LogP contribution is 2.30. The average molecular weight is 423 g/mol. The minimum absolute atomic E-state index is 0.0519. The van der Waals surface area contributed by atoms with Crippen LogP contribution in [-0.4, -0.2) is 33.7 Å². The zero-order valence-electron chi connectivity index (χ0n) is 17.5. The molecule has 0 aliphatic carbocycles. The molecular weight excluding hydrogens is 402 g/mol. The summed E-state index contributed by atoms with van der Waals surface area (Å²) in [7, 11) is 1.60. The number of fused-ring (bicyclic) bond motifs is 2. The molecule has 0 spiro atoms.